The minimum absolute atomic E-state index is 0. The van der Waals surface area contributed by atoms with Gasteiger partial charge in [0.05, 0.1) is 12.4 Å². The molecular formula is C12H16BF4KO3. The number of ether oxygens (including phenoxy) is 3. The van der Waals surface area contributed by atoms with Crippen molar-refractivity contribution in [2.45, 2.75) is 6.42 Å². The summed E-state index contributed by atoms with van der Waals surface area (Å²) >= 11 is 0. The van der Waals surface area contributed by atoms with Crippen LogP contribution in [0.3, 0.4) is 0 Å². The van der Waals surface area contributed by atoms with Gasteiger partial charge in [0.2, 0.25) is 0 Å². The maximum Gasteiger partial charge on any atom is 1.00 e. The van der Waals surface area contributed by atoms with Crippen molar-refractivity contribution in [3.05, 3.63) is 24.0 Å². The van der Waals surface area contributed by atoms with Crippen molar-refractivity contribution < 1.29 is 82.9 Å². The van der Waals surface area contributed by atoms with E-state index in [1.165, 1.54) is 0 Å². The first-order valence-corrected chi connectivity index (χ1v) is 6.14. The Morgan fingerprint density at radius 3 is 2.33 bits per heavy atom. The fourth-order valence-electron chi connectivity index (χ4n) is 1.49. The molecule has 0 aromatic heterocycles. The van der Waals surface area contributed by atoms with Crippen LogP contribution in [0.5, 0.6) is 5.75 Å². The van der Waals surface area contributed by atoms with Gasteiger partial charge in [0, 0.05) is 26.4 Å². The molecule has 0 saturated carbocycles. The molecule has 9 heteroatoms. The Balaban J connectivity index is 0.00000400. The summed E-state index contributed by atoms with van der Waals surface area (Å²) in [6.45, 7) is -3.83. The third-order valence-electron chi connectivity index (χ3n) is 2.46. The van der Waals surface area contributed by atoms with Gasteiger partial charge in [-0.25, -0.2) is 4.39 Å². The van der Waals surface area contributed by atoms with Crippen LogP contribution < -0.4 is 61.6 Å². The normalized spacial score (nSPS) is 11.1. The van der Waals surface area contributed by atoms with Crippen LogP contribution in [0.25, 0.3) is 0 Å². The molecule has 21 heavy (non-hydrogen) atoms. The first kappa shape index (κ1) is 21.4. The van der Waals surface area contributed by atoms with Crippen molar-refractivity contribution in [3.63, 3.8) is 0 Å². The molecule has 0 atom stereocenters. The molecule has 1 rings (SSSR count). The number of hydrogen-bond donors (Lipinski definition) is 0. The molecule has 114 valence electrons. The predicted molar refractivity (Wildman–Crippen MR) is 67.9 cm³/mol. The van der Waals surface area contributed by atoms with Crippen LogP contribution >= 0.6 is 0 Å². The molecule has 0 radical (unpaired) electrons. The van der Waals surface area contributed by atoms with Crippen LogP contribution in [0.1, 0.15) is 6.42 Å². The van der Waals surface area contributed by atoms with E-state index in [1.807, 2.05) is 0 Å². The topological polar surface area (TPSA) is 27.7 Å². The van der Waals surface area contributed by atoms with Gasteiger partial charge >= 0.3 is 58.4 Å². The minimum atomic E-state index is -5.34. The van der Waals surface area contributed by atoms with Gasteiger partial charge in [-0.1, -0.05) is 11.5 Å². The van der Waals surface area contributed by atoms with E-state index in [-0.39, 0.29) is 70.3 Å². The molecule has 0 aliphatic heterocycles. The van der Waals surface area contributed by atoms with Crippen molar-refractivity contribution in [2.24, 2.45) is 0 Å². The molecule has 0 N–H and O–H groups in total. The van der Waals surface area contributed by atoms with Gasteiger partial charge in [-0.15, -0.1) is 0 Å². The zero-order valence-corrected chi connectivity index (χ0v) is 15.2. The Hall–Kier alpha value is 0.361. The molecule has 1 aromatic rings. The number of halogens is 4. The quantitative estimate of drug-likeness (QED) is 0.340. The summed E-state index contributed by atoms with van der Waals surface area (Å²) in [4.78, 5) is 0. The molecule has 1 aromatic carbocycles. The third-order valence-corrected chi connectivity index (χ3v) is 2.46. The summed E-state index contributed by atoms with van der Waals surface area (Å²) in [5.74, 6) is -1.28. The maximum absolute atomic E-state index is 13.2. The van der Waals surface area contributed by atoms with E-state index in [2.05, 4.69) is 0 Å². The number of rotatable bonds is 9. The van der Waals surface area contributed by atoms with E-state index in [9.17, 15) is 17.3 Å². The number of benzene rings is 1. The van der Waals surface area contributed by atoms with Crippen LogP contribution in [0.15, 0.2) is 18.2 Å². The molecule has 0 aliphatic rings. The largest absolute Gasteiger partial charge is 1.00 e. The van der Waals surface area contributed by atoms with E-state index in [0.29, 0.717) is 19.3 Å². The van der Waals surface area contributed by atoms with Crippen molar-refractivity contribution in [1.82, 2.24) is 0 Å². The number of methoxy groups -OCH3 is 1. The van der Waals surface area contributed by atoms with Crippen molar-refractivity contribution >= 4 is 12.4 Å². The molecular weight excluding hydrogens is 318 g/mol. The van der Waals surface area contributed by atoms with Crippen LogP contribution in [0, 0.1) is 5.82 Å². The monoisotopic (exact) mass is 334 g/mol. The fourth-order valence-corrected chi connectivity index (χ4v) is 1.49. The molecule has 0 amide bonds. The maximum atomic E-state index is 13.2. The zero-order chi connectivity index (χ0) is 15.0. The standard InChI is InChI=1S/C12H16BF4O3.K/c1-18-5-2-6-19-7-8-20-10-3-4-11(12(14)9-10)13(15,16)17;/h3-4,9H,2,5-8H2,1H3;/q-1;+1. The fraction of sp³-hybridized carbons (Fsp3) is 0.500. The van der Waals surface area contributed by atoms with Gasteiger partial charge in [0.1, 0.15) is 12.4 Å². The van der Waals surface area contributed by atoms with Gasteiger partial charge in [-0.05, 0) is 12.5 Å². The second kappa shape index (κ2) is 11.0. The van der Waals surface area contributed by atoms with E-state index in [4.69, 9.17) is 14.2 Å². The second-order valence-electron chi connectivity index (χ2n) is 4.07. The molecule has 0 fully saturated rings. The Bertz CT molecular complexity index is 418. The smallest absolute Gasteiger partial charge is 0.491 e. The van der Waals surface area contributed by atoms with E-state index in [0.717, 1.165) is 18.6 Å². The van der Waals surface area contributed by atoms with Gasteiger partial charge in [0.25, 0.3) is 0 Å². The first-order valence-electron chi connectivity index (χ1n) is 6.14. The Morgan fingerprint density at radius 2 is 1.76 bits per heavy atom. The molecule has 0 bridgehead atoms. The minimum Gasteiger partial charge on any atom is -0.491 e. The molecule has 0 heterocycles. The summed E-state index contributed by atoms with van der Waals surface area (Å²) in [7, 11) is 1.59. The molecule has 0 unspecified atom stereocenters. The van der Waals surface area contributed by atoms with Crippen LogP contribution in [0.2, 0.25) is 0 Å². The summed E-state index contributed by atoms with van der Waals surface area (Å²) in [5, 5.41) is 0. The third kappa shape index (κ3) is 8.53. The number of hydrogen-bond acceptors (Lipinski definition) is 3. The van der Waals surface area contributed by atoms with Crippen LogP contribution in [-0.4, -0.2) is 40.5 Å². The molecule has 0 spiro atoms. The van der Waals surface area contributed by atoms with Crippen LogP contribution in [0.4, 0.5) is 17.3 Å². The van der Waals surface area contributed by atoms with Crippen LogP contribution in [-0.2, 0) is 9.47 Å². The van der Waals surface area contributed by atoms with E-state index in [1.54, 1.807) is 7.11 Å². The van der Waals surface area contributed by atoms with Crippen molar-refractivity contribution in [3.8, 4) is 5.75 Å². The average Bonchev–Trinajstić information content (AvgIpc) is 2.36. The summed E-state index contributed by atoms with van der Waals surface area (Å²) in [6.07, 6.45) is 0.744. The first-order chi connectivity index (χ1) is 9.45. The zero-order valence-electron chi connectivity index (χ0n) is 12.1. The van der Waals surface area contributed by atoms with E-state index < -0.39 is 18.3 Å². The second-order valence-corrected chi connectivity index (χ2v) is 4.07. The molecule has 0 aliphatic carbocycles. The van der Waals surface area contributed by atoms with E-state index >= 15 is 0 Å². The van der Waals surface area contributed by atoms with Gasteiger partial charge in [-0.3, -0.25) is 0 Å². The predicted octanol–water partition coefficient (Wildman–Crippen LogP) is -0.684. The van der Waals surface area contributed by atoms with Crippen molar-refractivity contribution in [1.29, 1.82) is 0 Å². The SMILES string of the molecule is COCCCOCCOc1ccc([B-](F)(F)F)c(F)c1.[K+]. The summed E-state index contributed by atoms with van der Waals surface area (Å²) in [5.41, 5.74) is -1.24. The molecule has 3 nitrogen and oxygen atoms in total. The molecule has 0 saturated heterocycles. The Morgan fingerprint density at radius 1 is 1.05 bits per heavy atom. The Labute approximate surface area is 163 Å². The Kier molecular flexibility index (Phi) is 11.2. The summed E-state index contributed by atoms with van der Waals surface area (Å²) < 4.78 is 65.5. The van der Waals surface area contributed by atoms with Crippen molar-refractivity contribution in [2.75, 3.05) is 33.5 Å². The van der Waals surface area contributed by atoms with Gasteiger partial charge in [0.15, 0.2) is 0 Å². The summed E-state index contributed by atoms with van der Waals surface area (Å²) in [6, 6.07) is 2.51. The average molecular weight is 334 g/mol. The van der Waals surface area contributed by atoms with Gasteiger partial charge < -0.3 is 27.2 Å². The van der Waals surface area contributed by atoms with Gasteiger partial charge in [-0.2, -0.15) is 0 Å².